The molecule has 1 aliphatic rings. The van der Waals surface area contributed by atoms with Crippen LogP contribution in [0.2, 0.25) is 0 Å². The largest absolute Gasteiger partial charge is 0.310 e. The number of aryl methyl sites for hydroxylation is 3. The Morgan fingerprint density at radius 3 is 2.86 bits per heavy atom. The average Bonchev–Trinajstić information content (AvgIpc) is 2.72. The van der Waals surface area contributed by atoms with Crippen molar-refractivity contribution >= 4 is 0 Å². The van der Waals surface area contributed by atoms with E-state index in [1.54, 1.807) is 0 Å². The molecule has 5 nitrogen and oxygen atoms in total. The van der Waals surface area contributed by atoms with E-state index in [9.17, 15) is 0 Å². The van der Waals surface area contributed by atoms with E-state index in [2.05, 4.69) is 29.2 Å². The van der Waals surface area contributed by atoms with Crippen LogP contribution in [0.15, 0.2) is 6.20 Å². The summed E-state index contributed by atoms with van der Waals surface area (Å²) in [6.07, 6.45) is 5.42. The van der Waals surface area contributed by atoms with E-state index in [-0.39, 0.29) is 0 Å². The lowest BCUT2D eigenvalue weighted by Crippen LogP contribution is -2.26. The zero-order valence-corrected chi connectivity index (χ0v) is 13.3. The zero-order valence-electron chi connectivity index (χ0n) is 13.3. The summed E-state index contributed by atoms with van der Waals surface area (Å²) >= 11 is 0. The topological polar surface area (TPSA) is 55.6 Å². The highest BCUT2D eigenvalue weighted by molar-refractivity contribution is 5.61. The minimum absolute atomic E-state index is 0.406. The van der Waals surface area contributed by atoms with Crippen molar-refractivity contribution in [2.75, 3.05) is 6.54 Å². The first-order valence-corrected chi connectivity index (χ1v) is 7.71. The van der Waals surface area contributed by atoms with Gasteiger partial charge in [-0.3, -0.25) is 4.68 Å². The number of hydrogen-bond donors (Lipinski definition) is 1. The maximum atomic E-state index is 4.85. The van der Waals surface area contributed by atoms with Crippen LogP contribution in [0.5, 0.6) is 0 Å². The molecule has 0 aromatic carbocycles. The summed E-state index contributed by atoms with van der Waals surface area (Å²) in [5, 5.41) is 8.00. The summed E-state index contributed by atoms with van der Waals surface area (Å²) in [5.74, 6) is 0.814. The van der Waals surface area contributed by atoms with Gasteiger partial charge in [0, 0.05) is 36.2 Å². The number of nitrogens with one attached hydrogen (secondary N) is 1. The Kier molecular flexibility index (Phi) is 3.76. The molecule has 0 radical (unpaired) electrons. The lowest BCUT2D eigenvalue weighted by molar-refractivity contribution is 0.464. The highest BCUT2D eigenvalue weighted by Gasteiger charge is 2.23. The highest BCUT2D eigenvalue weighted by Crippen LogP contribution is 2.30. The normalized spacial score (nSPS) is 17.8. The highest BCUT2D eigenvalue weighted by atomic mass is 15.3. The molecule has 2 heterocycles. The fourth-order valence-corrected chi connectivity index (χ4v) is 3.22. The molecule has 1 atom stereocenters. The minimum atomic E-state index is 0.406. The maximum Gasteiger partial charge on any atom is 0.163 e. The second kappa shape index (κ2) is 5.56. The molecular formula is C16H23N5. The van der Waals surface area contributed by atoms with Crippen molar-refractivity contribution in [3.63, 3.8) is 0 Å². The van der Waals surface area contributed by atoms with Crippen LogP contribution in [0.1, 0.15) is 48.5 Å². The van der Waals surface area contributed by atoms with Crippen LogP contribution in [0.3, 0.4) is 0 Å². The van der Waals surface area contributed by atoms with E-state index < -0.39 is 0 Å². The lowest BCUT2D eigenvalue weighted by atomic mass is 9.92. The predicted octanol–water partition coefficient (Wildman–Crippen LogP) is 2.48. The third-order valence-corrected chi connectivity index (χ3v) is 4.36. The molecule has 0 saturated carbocycles. The van der Waals surface area contributed by atoms with Crippen molar-refractivity contribution in [2.45, 2.75) is 46.1 Å². The van der Waals surface area contributed by atoms with Crippen LogP contribution < -0.4 is 5.32 Å². The Bertz CT molecular complexity index is 659. The van der Waals surface area contributed by atoms with E-state index in [1.807, 2.05) is 24.9 Å². The molecule has 0 saturated heterocycles. The molecule has 5 heteroatoms. The molecule has 2 aromatic heterocycles. The monoisotopic (exact) mass is 285 g/mol. The summed E-state index contributed by atoms with van der Waals surface area (Å²) in [7, 11) is 1.96. The summed E-state index contributed by atoms with van der Waals surface area (Å²) in [4.78, 5) is 9.47. The van der Waals surface area contributed by atoms with E-state index in [1.165, 1.54) is 24.1 Å². The van der Waals surface area contributed by atoms with Gasteiger partial charge in [0.05, 0.1) is 11.3 Å². The van der Waals surface area contributed by atoms with Crippen molar-refractivity contribution in [1.82, 2.24) is 25.1 Å². The van der Waals surface area contributed by atoms with Crippen LogP contribution in [0.4, 0.5) is 0 Å². The standard InChI is InChI=1S/C16H23N5/c1-5-17-13-7-6-8-14-12(13)9-18-16(19-14)15-10(2)20-21(4)11(15)3/h9,13,17H,5-8H2,1-4H3. The molecule has 0 spiro atoms. The second-order valence-corrected chi connectivity index (χ2v) is 5.77. The van der Waals surface area contributed by atoms with Crippen molar-refractivity contribution in [3.05, 3.63) is 28.8 Å². The van der Waals surface area contributed by atoms with Crippen LogP contribution in [0, 0.1) is 13.8 Å². The van der Waals surface area contributed by atoms with Gasteiger partial charge in [0.2, 0.25) is 0 Å². The Morgan fingerprint density at radius 2 is 2.19 bits per heavy atom. The Hall–Kier alpha value is -1.75. The smallest absolute Gasteiger partial charge is 0.163 e. The van der Waals surface area contributed by atoms with Gasteiger partial charge in [0.25, 0.3) is 0 Å². The van der Waals surface area contributed by atoms with Gasteiger partial charge in [-0.1, -0.05) is 6.92 Å². The fourth-order valence-electron chi connectivity index (χ4n) is 3.22. The van der Waals surface area contributed by atoms with Gasteiger partial charge in [-0.2, -0.15) is 5.10 Å². The molecule has 1 aliphatic carbocycles. The second-order valence-electron chi connectivity index (χ2n) is 5.77. The molecular weight excluding hydrogens is 262 g/mol. The van der Waals surface area contributed by atoms with Crippen molar-refractivity contribution in [2.24, 2.45) is 7.05 Å². The molecule has 0 fully saturated rings. The number of rotatable bonds is 3. The molecule has 0 amide bonds. The number of nitrogens with zero attached hydrogens (tertiary/aromatic N) is 4. The first-order chi connectivity index (χ1) is 10.1. The summed E-state index contributed by atoms with van der Waals surface area (Å²) in [6, 6.07) is 0.406. The van der Waals surface area contributed by atoms with Gasteiger partial charge in [-0.05, 0) is 39.7 Å². The van der Waals surface area contributed by atoms with Gasteiger partial charge in [-0.25, -0.2) is 9.97 Å². The Labute approximate surface area is 125 Å². The van der Waals surface area contributed by atoms with E-state index in [0.717, 1.165) is 35.7 Å². The molecule has 2 aromatic rings. The molecule has 21 heavy (non-hydrogen) atoms. The van der Waals surface area contributed by atoms with E-state index in [4.69, 9.17) is 4.98 Å². The predicted molar refractivity (Wildman–Crippen MR) is 83.1 cm³/mol. The molecule has 112 valence electrons. The SMILES string of the molecule is CCNC1CCCc2nc(-c3c(C)nn(C)c3C)ncc21. The van der Waals surface area contributed by atoms with Crippen molar-refractivity contribution in [1.29, 1.82) is 0 Å². The zero-order chi connectivity index (χ0) is 15.0. The van der Waals surface area contributed by atoms with Gasteiger partial charge in [-0.15, -0.1) is 0 Å². The summed E-state index contributed by atoms with van der Waals surface area (Å²) < 4.78 is 1.90. The Balaban J connectivity index is 2.03. The van der Waals surface area contributed by atoms with Crippen molar-refractivity contribution in [3.8, 4) is 11.4 Å². The summed E-state index contributed by atoms with van der Waals surface area (Å²) in [6.45, 7) is 7.21. The van der Waals surface area contributed by atoms with Gasteiger partial charge >= 0.3 is 0 Å². The Morgan fingerprint density at radius 1 is 1.38 bits per heavy atom. The molecule has 1 N–H and O–H groups in total. The lowest BCUT2D eigenvalue weighted by Gasteiger charge is -2.25. The van der Waals surface area contributed by atoms with Crippen molar-refractivity contribution < 1.29 is 0 Å². The molecule has 1 unspecified atom stereocenters. The quantitative estimate of drug-likeness (QED) is 0.941. The first kappa shape index (κ1) is 14.2. The summed E-state index contributed by atoms with van der Waals surface area (Å²) in [5.41, 5.74) is 5.65. The van der Waals surface area contributed by atoms with Gasteiger partial charge in [0.1, 0.15) is 0 Å². The minimum Gasteiger partial charge on any atom is -0.310 e. The molecule has 3 rings (SSSR count). The molecule has 0 aliphatic heterocycles. The van der Waals surface area contributed by atoms with E-state index in [0.29, 0.717) is 6.04 Å². The number of fused-ring (bicyclic) bond motifs is 1. The fraction of sp³-hybridized carbons (Fsp3) is 0.562. The van der Waals surface area contributed by atoms with Crippen LogP contribution in [-0.2, 0) is 13.5 Å². The first-order valence-electron chi connectivity index (χ1n) is 7.71. The van der Waals surface area contributed by atoms with Gasteiger partial charge < -0.3 is 5.32 Å². The number of hydrogen-bond acceptors (Lipinski definition) is 4. The van der Waals surface area contributed by atoms with Crippen LogP contribution >= 0.6 is 0 Å². The van der Waals surface area contributed by atoms with E-state index >= 15 is 0 Å². The van der Waals surface area contributed by atoms with Crippen LogP contribution in [-0.4, -0.2) is 26.3 Å². The molecule has 0 bridgehead atoms. The average molecular weight is 285 g/mol. The third-order valence-electron chi connectivity index (χ3n) is 4.36. The maximum absolute atomic E-state index is 4.85. The van der Waals surface area contributed by atoms with Crippen LogP contribution in [0.25, 0.3) is 11.4 Å². The number of aromatic nitrogens is 4. The van der Waals surface area contributed by atoms with Gasteiger partial charge in [0.15, 0.2) is 5.82 Å². The third kappa shape index (κ3) is 2.46.